The summed E-state index contributed by atoms with van der Waals surface area (Å²) in [6.07, 6.45) is -0.714. The minimum atomic E-state index is -4.31. The maximum Gasteiger partial charge on any atom is 0.392 e. The van der Waals surface area contributed by atoms with E-state index in [2.05, 4.69) is 26.2 Å². The molecule has 2 fully saturated rings. The van der Waals surface area contributed by atoms with Gasteiger partial charge in [-0.15, -0.1) is 0 Å². The Labute approximate surface area is 202 Å². The molecule has 2 aliphatic carbocycles. The molecule has 0 aliphatic heterocycles. The Hall–Kier alpha value is -2.82. The van der Waals surface area contributed by atoms with Gasteiger partial charge in [0.15, 0.2) is 0 Å². The zero-order valence-electron chi connectivity index (χ0n) is 18.0. The van der Waals surface area contributed by atoms with Crippen LogP contribution >= 0.6 is 15.9 Å². The molecule has 182 valence electrons. The summed E-state index contributed by atoms with van der Waals surface area (Å²) >= 11 is 3.27. The van der Waals surface area contributed by atoms with E-state index in [1.165, 1.54) is 12.1 Å². The number of carbonyl (C=O) groups excluding carboxylic acids is 2. The van der Waals surface area contributed by atoms with Crippen molar-refractivity contribution in [3.8, 4) is 11.6 Å². The molecule has 7 nitrogen and oxygen atoms in total. The summed E-state index contributed by atoms with van der Waals surface area (Å²) in [5, 5.41) is 2.97. The van der Waals surface area contributed by atoms with Gasteiger partial charge in [0.1, 0.15) is 17.4 Å². The predicted octanol–water partition coefficient (Wildman–Crippen LogP) is 4.39. The molecule has 1 heterocycles. The number of hydrogen-bond acceptors (Lipinski definition) is 5. The minimum Gasteiger partial charge on any atom is -0.493 e. The fourth-order valence-electron chi connectivity index (χ4n) is 4.57. The van der Waals surface area contributed by atoms with Gasteiger partial charge in [-0.05, 0) is 61.4 Å². The normalized spacial score (nSPS) is 23.5. The molecule has 4 rings (SSSR count). The zero-order valence-corrected chi connectivity index (χ0v) is 19.6. The number of amides is 2. The molecule has 2 amide bonds. The molecule has 1 aromatic carbocycles. The van der Waals surface area contributed by atoms with E-state index in [9.17, 15) is 22.8 Å². The SMILES string of the molecule is NC(=O)c1cccnc1O[C@H]1CC2(C[C@H](NC(=O)c3cc(Br)cc(OCCC(F)(F)F)c3)C2)C1. The van der Waals surface area contributed by atoms with Crippen molar-refractivity contribution in [2.45, 2.75) is 50.4 Å². The second-order valence-corrected chi connectivity index (χ2v) is 9.75. The second-order valence-electron chi connectivity index (χ2n) is 8.84. The molecule has 0 unspecified atom stereocenters. The summed E-state index contributed by atoms with van der Waals surface area (Å²) < 4.78 is 48.5. The first-order chi connectivity index (χ1) is 16.0. The smallest absolute Gasteiger partial charge is 0.392 e. The third kappa shape index (κ3) is 5.81. The first kappa shape index (κ1) is 24.3. The lowest BCUT2D eigenvalue weighted by Gasteiger charge is -2.57. The minimum absolute atomic E-state index is 0.00180. The quantitative estimate of drug-likeness (QED) is 0.515. The third-order valence-electron chi connectivity index (χ3n) is 6.12. The maximum absolute atomic E-state index is 12.7. The molecule has 11 heteroatoms. The molecule has 2 aromatic rings. The number of primary amides is 1. The van der Waals surface area contributed by atoms with Crippen molar-refractivity contribution >= 4 is 27.7 Å². The molecule has 0 atom stereocenters. The van der Waals surface area contributed by atoms with E-state index < -0.39 is 25.1 Å². The summed E-state index contributed by atoms with van der Waals surface area (Å²) in [5.74, 6) is -0.474. The van der Waals surface area contributed by atoms with Gasteiger partial charge in [-0.25, -0.2) is 4.98 Å². The van der Waals surface area contributed by atoms with Gasteiger partial charge in [-0.3, -0.25) is 9.59 Å². The number of ether oxygens (including phenoxy) is 2. The van der Waals surface area contributed by atoms with Crippen LogP contribution in [0.5, 0.6) is 11.6 Å². The van der Waals surface area contributed by atoms with Gasteiger partial charge in [-0.1, -0.05) is 15.9 Å². The molecule has 0 radical (unpaired) electrons. The first-order valence-electron chi connectivity index (χ1n) is 10.7. The number of benzene rings is 1. The van der Waals surface area contributed by atoms with Crippen LogP contribution in [-0.4, -0.2) is 41.7 Å². The summed E-state index contributed by atoms with van der Waals surface area (Å²) in [7, 11) is 0. The lowest BCUT2D eigenvalue weighted by atomic mass is 9.53. The number of nitrogens with zero attached hydrogens (tertiary/aromatic N) is 1. The van der Waals surface area contributed by atoms with E-state index in [1.807, 2.05) is 0 Å². The third-order valence-corrected chi connectivity index (χ3v) is 6.58. The highest BCUT2D eigenvalue weighted by Gasteiger charge is 2.54. The van der Waals surface area contributed by atoms with Gasteiger partial charge in [0, 0.05) is 22.3 Å². The fraction of sp³-hybridized carbons (Fsp3) is 0.435. The number of carbonyl (C=O) groups is 2. The Balaban J connectivity index is 1.25. The Bertz CT molecular complexity index is 1080. The van der Waals surface area contributed by atoms with Crippen molar-refractivity contribution in [1.82, 2.24) is 10.3 Å². The maximum atomic E-state index is 12.7. The number of aromatic nitrogens is 1. The monoisotopic (exact) mass is 541 g/mol. The van der Waals surface area contributed by atoms with E-state index in [0.29, 0.717) is 10.0 Å². The van der Waals surface area contributed by atoms with Gasteiger partial charge < -0.3 is 20.5 Å². The van der Waals surface area contributed by atoms with Crippen LogP contribution in [0.15, 0.2) is 41.0 Å². The molecule has 1 spiro atoms. The van der Waals surface area contributed by atoms with Crippen LogP contribution in [0.4, 0.5) is 13.2 Å². The lowest BCUT2D eigenvalue weighted by molar-refractivity contribution is -0.139. The summed E-state index contributed by atoms with van der Waals surface area (Å²) in [6, 6.07) is 7.74. The van der Waals surface area contributed by atoms with Crippen molar-refractivity contribution in [2.75, 3.05) is 6.61 Å². The molecular formula is C23H23BrF3N3O4. The molecule has 1 aromatic heterocycles. The van der Waals surface area contributed by atoms with Gasteiger partial charge in [0.2, 0.25) is 5.88 Å². The number of hydrogen-bond donors (Lipinski definition) is 2. The number of alkyl halides is 3. The molecule has 2 saturated carbocycles. The van der Waals surface area contributed by atoms with E-state index in [-0.39, 0.29) is 40.7 Å². The van der Waals surface area contributed by atoms with E-state index in [0.717, 1.165) is 25.7 Å². The first-order valence-corrected chi connectivity index (χ1v) is 11.5. The molecule has 3 N–H and O–H groups in total. The van der Waals surface area contributed by atoms with Crippen molar-refractivity contribution < 1.29 is 32.2 Å². The summed E-state index contributed by atoms with van der Waals surface area (Å²) in [4.78, 5) is 28.3. The lowest BCUT2D eigenvalue weighted by Crippen LogP contribution is -2.58. The topological polar surface area (TPSA) is 104 Å². The van der Waals surface area contributed by atoms with Crippen LogP contribution in [0, 0.1) is 5.41 Å². The number of pyridine rings is 1. The molecule has 0 saturated heterocycles. The van der Waals surface area contributed by atoms with Crippen LogP contribution in [0.25, 0.3) is 0 Å². The number of rotatable bonds is 8. The van der Waals surface area contributed by atoms with Crippen molar-refractivity contribution in [3.63, 3.8) is 0 Å². The van der Waals surface area contributed by atoms with Crippen LogP contribution in [-0.2, 0) is 0 Å². The van der Waals surface area contributed by atoms with Crippen molar-refractivity contribution in [1.29, 1.82) is 0 Å². The molecule has 0 bridgehead atoms. The second kappa shape index (κ2) is 9.44. The number of halogens is 4. The van der Waals surface area contributed by atoms with Crippen LogP contribution < -0.4 is 20.5 Å². The average Bonchev–Trinajstić information content (AvgIpc) is 2.69. The van der Waals surface area contributed by atoms with E-state index in [1.54, 1.807) is 24.4 Å². The number of nitrogens with two attached hydrogens (primary N) is 1. The number of nitrogens with one attached hydrogen (secondary N) is 1. The zero-order chi connectivity index (χ0) is 24.5. The highest BCUT2D eigenvalue weighted by Crippen LogP contribution is 2.56. The Morgan fingerprint density at radius 1 is 1.21 bits per heavy atom. The van der Waals surface area contributed by atoms with E-state index >= 15 is 0 Å². The van der Waals surface area contributed by atoms with Crippen molar-refractivity contribution in [3.05, 3.63) is 52.1 Å². The summed E-state index contributed by atoms with van der Waals surface area (Å²) in [5.41, 5.74) is 6.00. The standard InChI is InChI=1S/C23H23BrF3N3O4/c24-14-6-13(7-16(8-14)33-5-3-23(25,26)27)20(32)30-15-9-22(10-15)11-17(12-22)34-21-18(19(28)31)2-1-4-29-21/h1-2,4,6-8,15,17H,3,5,9-12H2,(H2,28,31)(H,30,32)/t15-,17-,22?. The van der Waals surface area contributed by atoms with E-state index in [4.69, 9.17) is 15.2 Å². The van der Waals surface area contributed by atoms with Crippen molar-refractivity contribution in [2.24, 2.45) is 11.1 Å². The fourth-order valence-corrected chi connectivity index (χ4v) is 5.04. The van der Waals surface area contributed by atoms with Gasteiger partial charge in [0.05, 0.1) is 13.0 Å². The Morgan fingerprint density at radius 2 is 1.94 bits per heavy atom. The molecule has 34 heavy (non-hydrogen) atoms. The van der Waals surface area contributed by atoms with Crippen LogP contribution in [0.2, 0.25) is 0 Å². The average molecular weight is 542 g/mol. The Morgan fingerprint density at radius 3 is 2.62 bits per heavy atom. The van der Waals surface area contributed by atoms with Gasteiger partial charge >= 0.3 is 6.18 Å². The Kier molecular flexibility index (Phi) is 6.75. The summed E-state index contributed by atoms with van der Waals surface area (Å²) in [6.45, 7) is -0.519. The predicted molar refractivity (Wildman–Crippen MR) is 120 cm³/mol. The highest BCUT2D eigenvalue weighted by molar-refractivity contribution is 9.10. The van der Waals surface area contributed by atoms with Gasteiger partial charge in [-0.2, -0.15) is 13.2 Å². The molecule has 2 aliphatic rings. The van der Waals surface area contributed by atoms with Crippen LogP contribution in [0.3, 0.4) is 0 Å². The largest absolute Gasteiger partial charge is 0.493 e. The van der Waals surface area contributed by atoms with Gasteiger partial charge in [0.25, 0.3) is 11.8 Å². The van der Waals surface area contributed by atoms with Crippen LogP contribution in [0.1, 0.15) is 52.8 Å². The molecular weight excluding hydrogens is 519 g/mol. The highest BCUT2D eigenvalue weighted by atomic mass is 79.9.